The monoisotopic (exact) mass is 296 g/mol. The third kappa shape index (κ3) is 10.2. The molecular weight excluding hydrogens is 270 g/mol. The average Bonchev–Trinajstić information content (AvgIpc) is 2.25. The highest BCUT2D eigenvalue weighted by Gasteiger charge is 2.24. The molecule has 0 rings (SSSR count). The fourth-order valence-corrected chi connectivity index (χ4v) is 2.82. The van der Waals surface area contributed by atoms with Gasteiger partial charge in [-0.05, 0) is 38.4 Å². The maximum atomic E-state index is 11.9. The number of carbonyl (C=O) groups is 1. The van der Waals surface area contributed by atoms with E-state index >= 15 is 0 Å². The first-order chi connectivity index (χ1) is 8.84. The SMILES string of the molecule is CC(C)OC(=O)C(SCCCCCC(F)F)C(C)C. The second-order valence-electron chi connectivity index (χ2n) is 5.26. The van der Waals surface area contributed by atoms with Gasteiger partial charge in [-0.25, -0.2) is 8.78 Å². The molecule has 0 fully saturated rings. The Morgan fingerprint density at radius 1 is 1.11 bits per heavy atom. The summed E-state index contributed by atoms with van der Waals surface area (Å²) in [6.45, 7) is 7.67. The van der Waals surface area contributed by atoms with E-state index in [9.17, 15) is 13.6 Å². The summed E-state index contributed by atoms with van der Waals surface area (Å²) in [4.78, 5) is 11.9. The van der Waals surface area contributed by atoms with E-state index in [1.165, 1.54) is 0 Å². The van der Waals surface area contributed by atoms with Crippen LogP contribution in [0.3, 0.4) is 0 Å². The molecule has 114 valence electrons. The number of hydrogen-bond acceptors (Lipinski definition) is 3. The third-order valence-electron chi connectivity index (χ3n) is 2.55. The normalized spacial score (nSPS) is 13.3. The fourth-order valence-electron chi connectivity index (χ4n) is 1.62. The smallest absolute Gasteiger partial charge is 0.319 e. The first-order valence-corrected chi connectivity index (χ1v) is 7.99. The largest absolute Gasteiger partial charge is 0.462 e. The molecule has 0 bridgehead atoms. The van der Waals surface area contributed by atoms with Crippen LogP contribution in [0.4, 0.5) is 8.78 Å². The van der Waals surface area contributed by atoms with Crippen molar-refractivity contribution in [3.8, 4) is 0 Å². The number of rotatable bonds is 10. The number of thioether (sulfide) groups is 1. The van der Waals surface area contributed by atoms with Gasteiger partial charge in [-0.3, -0.25) is 4.79 Å². The molecule has 1 atom stereocenters. The summed E-state index contributed by atoms with van der Waals surface area (Å²) in [6.07, 6.45) is -0.0940. The molecule has 5 heteroatoms. The topological polar surface area (TPSA) is 26.3 Å². The van der Waals surface area contributed by atoms with Crippen molar-refractivity contribution in [2.24, 2.45) is 5.92 Å². The van der Waals surface area contributed by atoms with Crippen LogP contribution >= 0.6 is 11.8 Å². The van der Waals surface area contributed by atoms with Crippen LogP contribution in [0, 0.1) is 5.92 Å². The van der Waals surface area contributed by atoms with Crippen molar-refractivity contribution >= 4 is 17.7 Å². The van der Waals surface area contributed by atoms with Crippen molar-refractivity contribution in [1.82, 2.24) is 0 Å². The van der Waals surface area contributed by atoms with E-state index in [0.29, 0.717) is 6.42 Å². The summed E-state index contributed by atoms with van der Waals surface area (Å²) in [7, 11) is 0. The second-order valence-corrected chi connectivity index (χ2v) is 6.51. The Bertz CT molecular complexity index is 246. The number of unbranched alkanes of at least 4 members (excludes halogenated alkanes) is 2. The lowest BCUT2D eigenvalue weighted by molar-refractivity contribution is -0.147. The minimum Gasteiger partial charge on any atom is -0.462 e. The molecule has 0 aliphatic heterocycles. The molecule has 0 N–H and O–H groups in total. The number of carbonyl (C=O) groups excluding carboxylic acids is 1. The van der Waals surface area contributed by atoms with Crippen molar-refractivity contribution in [1.29, 1.82) is 0 Å². The van der Waals surface area contributed by atoms with Gasteiger partial charge in [0.25, 0.3) is 0 Å². The number of halogens is 2. The van der Waals surface area contributed by atoms with Crippen LogP contribution in [-0.2, 0) is 9.53 Å². The number of alkyl halides is 2. The summed E-state index contributed by atoms with van der Waals surface area (Å²) in [5.41, 5.74) is 0. The lowest BCUT2D eigenvalue weighted by Gasteiger charge is -2.20. The van der Waals surface area contributed by atoms with Gasteiger partial charge in [0.05, 0.1) is 6.10 Å². The molecule has 0 saturated carbocycles. The molecule has 0 aliphatic rings. The van der Waals surface area contributed by atoms with Gasteiger partial charge in [0, 0.05) is 6.42 Å². The predicted octanol–water partition coefficient (Wildman–Crippen LogP) is 4.52. The minimum atomic E-state index is -2.20. The van der Waals surface area contributed by atoms with Gasteiger partial charge < -0.3 is 4.74 Å². The Balaban J connectivity index is 3.86. The van der Waals surface area contributed by atoms with Crippen molar-refractivity contribution < 1.29 is 18.3 Å². The Morgan fingerprint density at radius 3 is 2.21 bits per heavy atom. The van der Waals surface area contributed by atoms with Crippen LogP contribution in [0.2, 0.25) is 0 Å². The van der Waals surface area contributed by atoms with Crippen LogP contribution in [0.1, 0.15) is 53.4 Å². The van der Waals surface area contributed by atoms with Gasteiger partial charge in [0.1, 0.15) is 5.25 Å². The highest BCUT2D eigenvalue weighted by atomic mass is 32.2. The van der Waals surface area contributed by atoms with Crippen LogP contribution in [0.15, 0.2) is 0 Å². The molecule has 0 aromatic rings. The van der Waals surface area contributed by atoms with Gasteiger partial charge in [0.15, 0.2) is 0 Å². The maximum Gasteiger partial charge on any atom is 0.319 e. The van der Waals surface area contributed by atoms with E-state index in [1.54, 1.807) is 11.8 Å². The fraction of sp³-hybridized carbons (Fsp3) is 0.929. The van der Waals surface area contributed by atoms with Gasteiger partial charge in [0.2, 0.25) is 6.43 Å². The predicted molar refractivity (Wildman–Crippen MR) is 76.8 cm³/mol. The molecule has 2 nitrogen and oxygen atoms in total. The highest BCUT2D eigenvalue weighted by molar-refractivity contribution is 8.00. The Hall–Kier alpha value is -0.320. The van der Waals surface area contributed by atoms with Crippen LogP contribution in [0.5, 0.6) is 0 Å². The van der Waals surface area contributed by atoms with E-state index in [4.69, 9.17) is 4.74 Å². The molecule has 0 aromatic heterocycles. The van der Waals surface area contributed by atoms with E-state index in [0.717, 1.165) is 18.6 Å². The van der Waals surface area contributed by atoms with Gasteiger partial charge in [-0.1, -0.05) is 20.3 Å². The lowest BCUT2D eigenvalue weighted by Crippen LogP contribution is -2.28. The molecule has 0 amide bonds. The first kappa shape index (κ1) is 18.7. The van der Waals surface area contributed by atoms with Crippen LogP contribution in [0.25, 0.3) is 0 Å². The van der Waals surface area contributed by atoms with Crippen molar-refractivity contribution in [2.45, 2.75) is 71.2 Å². The Morgan fingerprint density at radius 2 is 1.74 bits per heavy atom. The number of ether oxygens (including phenoxy) is 1. The van der Waals surface area contributed by atoms with Gasteiger partial charge >= 0.3 is 5.97 Å². The summed E-state index contributed by atoms with van der Waals surface area (Å²) in [6, 6.07) is 0. The molecule has 0 heterocycles. The highest BCUT2D eigenvalue weighted by Crippen LogP contribution is 2.23. The Labute approximate surface area is 119 Å². The van der Waals surface area contributed by atoms with E-state index in [1.807, 2.05) is 27.7 Å². The van der Waals surface area contributed by atoms with E-state index in [2.05, 4.69) is 0 Å². The summed E-state index contributed by atoms with van der Waals surface area (Å²) in [5, 5.41) is -0.155. The van der Waals surface area contributed by atoms with Crippen molar-refractivity contribution in [2.75, 3.05) is 5.75 Å². The van der Waals surface area contributed by atoms with Crippen molar-refractivity contribution in [3.63, 3.8) is 0 Å². The van der Waals surface area contributed by atoms with E-state index in [-0.39, 0.29) is 29.7 Å². The second kappa shape index (κ2) is 10.5. The lowest BCUT2D eigenvalue weighted by atomic mass is 10.1. The summed E-state index contributed by atoms with van der Waals surface area (Å²) in [5.74, 6) is 0.874. The van der Waals surface area contributed by atoms with Gasteiger partial charge in [-0.15, -0.1) is 11.8 Å². The van der Waals surface area contributed by atoms with Gasteiger partial charge in [-0.2, -0.15) is 0 Å². The first-order valence-electron chi connectivity index (χ1n) is 6.94. The molecule has 0 radical (unpaired) electrons. The van der Waals surface area contributed by atoms with Crippen molar-refractivity contribution in [3.05, 3.63) is 0 Å². The zero-order chi connectivity index (χ0) is 14.8. The van der Waals surface area contributed by atoms with Crippen LogP contribution < -0.4 is 0 Å². The molecular formula is C14H26F2O2S. The average molecular weight is 296 g/mol. The summed E-state index contributed by atoms with van der Waals surface area (Å²) >= 11 is 1.58. The number of esters is 1. The quantitative estimate of drug-likeness (QED) is 0.438. The molecule has 0 aromatic carbocycles. The molecule has 1 unspecified atom stereocenters. The molecule has 0 spiro atoms. The molecule has 0 aliphatic carbocycles. The zero-order valence-electron chi connectivity index (χ0n) is 12.3. The third-order valence-corrected chi connectivity index (χ3v) is 4.17. The summed E-state index contributed by atoms with van der Waals surface area (Å²) < 4.78 is 29.1. The molecule has 19 heavy (non-hydrogen) atoms. The standard InChI is InChI=1S/C14H26F2O2S/c1-10(2)13(14(17)18-11(3)4)19-9-7-5-6-8-12(15)16/h10-13H,5-9H2,1-4H3. The maximum absolute atomic E-state index is 11.9. The van der Waals surface area contributed by atoms with E-state index < -0.39 is 6.43 Å². The molecule has 0 saturated heterocycles. The zero-order valence-corrected chi connectivity index (χ0v) is 13.1. The Kier molecular flexibility index (Phi) is 10.3. The minimum absolute atomic E-state index is 0.0202. The number of hydrogen-bond donors (Lipinski definition) is 0. The van der Waals surface area contributed by atoms with Crippen LogP contribution in [-0.4, -0.2) is 29.5 Å².